The molecule has 2 nitrogen and oxygen atoms in total. The van der Waals surface area contributed by atoms with Crippen LogP contribution in [0.25, 0.3) is 0 Å². The van der Waals surface area contributed by atoms with Crippen molar-refractivity contribution in [2.75, 3.05) is 13.2 Å². The zero-order chi connectivity index (χ0) is 9.73. The Morgan fingerprint density at radius 1 is 1.46 bits per heavy atom. The molecule has 1 aliphatic rings. The molecule has 0 aromatic heterocycles. The van der Waals surface area contributed by atoms with E-state index in [1.165, 1.54) is 19.3 Å². The lowest BCUT2D eigenvalue weighted by atomic mass is 9.94. The molecule has 2 N–H and O–H groups in total. The Morgan fingerprint density at radius 2 is 2.23 bits per heavy atom. The van der Waals surface area contributed by atoms with E-state index in [1.54, 1.807) is 0 Å². The SMILES string of the molecule is CCCOCCC1(N)CCC(C)C1. The fourth-order valence-electron chi connectivity index (χ4n) is 2.18. The lowest BCUT2D eigenvalue weighted by Gasteiger charge is -2.23. The maximum absolute atomic E-state index is 6.25. The van der Waals surface area contributed by atoms with Gasteiger partial charge in [0.2, 0.25) is 0 Å². The van der Waals surface area contributed by atoms with Crippen LogP contribution in [0.3, 0.4) is 0 Å². The molecular weight excluding hydrogens is 162 g/mol. The second-order valence-electron chi connectivity index (χ2n) is 4.57. The summed E-state index contributed by atoms with van der Waals surface area (Å²) in [5.41, 5.74) is 6.34. The Bertz CT molecular complexity index is 149. The van der Waals surface area contributed by atoms with Gasteiger partial charge in [0, 0.05) is 18.8 Å². The van der Waals surface area contributed by atoms with Crippen LogP contribution in [0.15, 0.2) is 0 Å². The zero-order valence-corrected chi connectivity index (χ0v) is 9.01. The van der Waals surface area contributed by atoms with Crippen molar-refractivity contribution >= 4 is 0 Å². The molecule has 2 atom stereocenters. The van der Waals surface area contributed by atoms with E-state index in [0.717, 1.165) is 32.0 Å². The summed E-state index contributed by atoms with van der Waals surface area (Å²) >= 11 is 0. The van der Waals surface area contributed by atoms with Crippen molar-refractivity contribution in [3.05, 3.63) is 0 Å². The minimum absolute atomic E-state index is 0.0904. The molecule has 0 bridgehead atoms. The number of hydrogen-bond donors (Lipinski definition) is 1. The quantitative estimate of drug-likeness (QED) is 0.667. The molecule has 0 aromatic carbocycles. The molecule has 0 aromatic rings. The van der Waals surface area contributed by atoms with Crippen LogP contribution in [-0.4, -0.2) is 18.8 Å². The second kappa shape index (κ2) is 4.97. The van der Waals surface area contributed by atoms with E-state index in [2.05, 4.69) is 13.8 Å². The van der Waals surface area contributed by atoms with Crippen molar-refractivity contribution in [2.45, 2.75) is 51.5 Å². The van der Waals surface area contributed by atoms with Crippen molar-refractivity contribution in [3.63, 3.8) is 0 Å². The van der Waals surface area contributed by atoms with Crippen LogP contribution in [0.4, 0.5) is 0 Å². The van der Waals surface area contributed by atoms with Crippen molar-refractivity contribution in [2.24, 2.45) is 11.7 Å². The van der Waals surface area contributed by atoms with Crippen LogP contribution in [-0.2, 0) is 4.74 Å². The van der Waals surface area contributed by atoms with E-state index >= 15 is 0 Å². The maximum Gasteiger partial charge on any atom is 0.0483 e. The highest BCUT2D eigenvalue weighted by molar-refractivity contribution is 4.91. The molecule has 0 aliphatic heterocycles. The van der Waals surface area contributed by atoms with E-state index in [-0.39, 0.29) is 5.54 Å². The van der Waals surface area contributed by atoms with Crippen molar-refractivity contribution in [1.82, 2.24) is 0 Å². The summed E-state index contributed by atoms with van der Waals surface area (Å²) in [5.74, 6) is 0.816. The van der Waals surface area contributed by atoms with E-state index < -0.39 is 0 Å². The van der Waals surface area contributed by atoms with Crippen LogP contribution in [0, 0.1) is 5.92 Å². The first-order valence-corrected chi connectivity index (χ1v) is 5.53. The molecule has 0 saturated heterocycles. The van der Waals surface area contributed by atoms with Crippen molar-refractivity contribution in [3.8, 4) is 0 Å². The number of hydrogen-bond acceptors (Lipinski definition) is 2. The Balaban J connectivity index is 2.12. The van der Waals surface area contributed by atoms with E-state index in [9.17, 15) is 0 Å². The predicted molar refractivity (Wildman–Crippen MR) is 55.7 cm³/mol. The van der Waals surface area contributed by atoms with Gasteiger partial charge in [0.1, 0.15) is 0 Å². The molecule has 1 fully saturated rings. The van der Waals surface area contributed by atoms with Gasteiger partial charge in [0.15, 0.2) is 0 Å². The third-order valence-electron chi connectivity index (χ3n) is 2.98. The van der Waals surface area contributed by atoms with Crippen LogP contribution < -0.4 is 5.73 Å². The lowest BCUT2D eigenvalue weighted by molar-refractivity contribution is 0.115. The van der Waals surface area contributed by atoms with E-state index in [1.807, 2.05) is 0 Å². The summed E-state index contributed by atoms with van der Waals surface area (Å²) in [5, 5.41) is 0. The van der Waals surface area contributed by atoms with E-state index in [0.29, 0.717) is 0 Å². The Labute approximate surface area is 81.8 Å². The molecule has 78 valence electrons. The average molecular weight is 185 g/mol. The molecule has 2 unspecified atom stereocenters. The highest BCUT2D eigenvalue weighted by Crippen LogP contribution is 2.34. The summed E-state index contributed by atoms with van der Waals surface area (Å²) in [4.78, 5) is 0. The highest BCUT2D eigenvalue weighted by atomic mass is 16.5. The van der Waals surface area contributed by atoms with Gasteiger partial charge in [-0.3, -0.25) is 0 Å². The molecule has 0 spiro atoms. The van der Waals surface area contributed by atoms with Gasteiger partial charge >= 0.3 is 0 Å². The van der Waals surface area contributed by atoms with Crippen molar-refractivity contribution in [1.29, 1.82) is 0 Å². The topological polar surface area (TPSA) is 35.2 Å². The van der Waals surface area contributed by atoms with Gasteiger partial charge in [0.05, 0.1) is 0 Å². The molecule has 2 heteroatoms. The van der Waals surface area contributed by atoms with Gasteiger partial charge in [-0.15, -0.1) is 0 Å². The first-order valence-electron chi connectivity index (χ1n) is 5.53. The summed E-state index contributed by atoms with van der Waals surface area (Å²) in [6.45, 7) is 6.15. The fourth-order valence-corrected chi connectivity index (χ4v) is 2.18. The lowest BCUT2D eigenvalue weighted by Crippen LogP contribution is -2.38. The van der Waals surface area contributed by atoms with Gasteiger partial charge in [-0.05, 0) is 38.0 Å². The van der Waals surface area contributed by atoms with Gasteiger partial charge in [-0.2, -0.15) is 0 Å². The Kier molecular flexibility index (Phi) is 4.20. The molecule has 1 aliphatic carbocycles. The largest absolute Gasteiger partial charge is 0.381 e. The minimum Gasteiger partial charge on any atom is -0.381 e. The van der Waals surface area contributed by atoms with Gasteiger partial charge in [-0.25, -0.2) is 0 Å². The third kappa shape index (κ3) is 3.65. The Hall–Kier alpha value is -0.0800. The van der Waals surface area contributed by atoms with Crippen LogP contribution >= 0.6 is 0 Å². The molecule has 1 saturated carbocycles. The van der Waals surface area contributed by atoms with Gasteiger partial charge in [0.25, 0.3) is 0 Å². The molecule has 0 amide bonds. The normalized spacial score (nSPS) is 33.9. The fraction of sp³-hybridized carbons (Fsp3) is 1.00. The maximum atomic E-state index is 6.25. The van der Waals surface area contributed by atoms with Gasteiger partial charge < -0.3 is 10.5 Å². The summed E-state index contributed by atoms with van der Waals surface area (Å²) in [6, 6.07) is 0. The minimum atomic E-state index is 0.0904. The number of ether oxygens (including phenoxy) is 1. The first-order chi connectivity index (χ1) is 6.16. The highest BCUT2D eigenvalue weighted by Gasteiger charge is 2.32. The Morgan fingerprint density at radius 3 is 2.77 bits per heavy atom. The summed E-state index contributed by atoms with van der Waals surface area (Å²) in [7, 11) is 0. The number of rotatable bonds is 5. The molecule has 0 heterocycles. The van der Waals surface area contributed by atoms with E-state index in [4.69, 9.17) is 10.5 Å². The summed E-state index contributed by atoms with van der Waals surface area (Å²) < 4.78 is 5.47. The molecule has 0 radical (unpaired) electrons. The summed E-state index contributed by atoms with van der Waals surface area (Å²) in [6.07, 6.45) is 5.81. The average Bonchev–Trinajstić information content (AvgIpc) is 2.41. The van der Waals surface area contributed by atoms with Crippen LogP contribution in [0.1, 0.15) is 46.0 Å². The third-order valence-corrected chi connectivity index (χ3v) is 2.98. The monoisotopic (exact) mass is 185 g/mol. The molecule has 1 rings (SSSR count). The predicted octanol–water partition coefficient (Wildman–Crippen LogP) is 2.32. The molecular formula is C11H23NO. The number of nitrogens with two attached hydrogens (primary N) is 1. The van der Waals surface area contributed by atoms with Gasteiger partial charge in [-0.1, -0.05) is 13.8 Å². The van der Waals surface area contributed by atoms with Crippen LogP contribution in [0.5, 0.6) is 0 Å². The zero-order valence-electron chi connectivity index (χ0n) is 9.01. The second-order valence-corrected chi connectivity index (χ2v) is 4.57. The van der Waals surface area contributed by atoms with Crippen LogP contribution in [0.2, 0.25) is 0 Å². The standard InChI is InChI=1S/C11H23NO/c1-3-7-13-8-6-11(12)5-4-10(2)9-11/h10H,3-9,12H2,1-2H3. The molecule has 13 heavy (non-hydrogen) atoms. The first kappa shape index (κ1) is 11.0. The smallest absolute Gasteiger partial charge is 0.0483 e. The van der Waals surface area contributed by atoms with Crippen molar-refractivity contribution < 1.29 is 4.74 Å².